The summed E-state index contributed by atoms with van der Waals surface area (Å²) in [5, 5.41) is 9.29. The van der Waals surface area contributed by atoms with Gasteiger partial charge in [0.05, 0.1) is 24.8 Å². The summed E-state index contributed by atoms with van der Waals surface area (Å²) in [4.78, 5) is 4.15. The van der Waals surface area contributed by atoms with Crippen molar-refractivity contribution >= 4 is 0 Å². The summed E-state index contributed by atoms with van der Waals surface area (Å²) < 4.78 is 2.15. The van der Waals surface area contributed by atoms with Crippen LogP contribution in [0, 0.1) is 11.3 Å². The summed E-state index contributed by atoms with van der Waals surface area (Å²) in [5.41, 5.74) is 1.39. The van der Waals surface area contributed by atoms with E-state index in [1.807, 2.05) is 6.33 Å². The summed E-state index contributed by atoms with van der Waals surface area (Å²) >= 11 is 0. The van der Waals surface area contributed by atoms with Crippen molar-refractivity contribution in [3.8, 4) is 0 Å². The number of aromatic nitrogens is 2. The highest BCUT2D eigenvalue weighted by Crippen LogP contribution is 2.44. The molecule has 17 heavy (non-hydrogen) atoms. The number of imidazole rings is 1. The third-order valence-corrected chi connectivity index (χ3v) is 3.97. The van der Waals surface area contributed by atoms with Gasteiger partial charge < -0.3 is 9.67 Å². The number of nitrogens with zero attached hydrogens (tertiary/aromatic N) is 2. The smallest absolute Gasteiger partial charge is 0.0949 e. The van der Waals surface area contributed by atoms with Crippen LogP contribution in [0.15, 0.2) is 12.5 Å². The zero-order valence-electron chi connectivity index (χ0n) is 11.0. The van der Waals surface area contributed by atoms with E-state index in [-0.39, 0.29) is 6.61 Å². The summed E-state index contributed by atoms with van der Waals surface area (Å²) in [6.45, 7) is 5.74. The highest BCUT2D eigenvalue weighted by atomic mass is 16.3. The Hall–Kier alpha value is -0.830. The molecule has 0 aromatic carbocycles. The SMILES string of the molecule is CC(C)CC1(Cn2cncc2CO)CCCC1. The molecule has 0 saturated heterocycles. The van der Waals surface area contributed by atoms with Gasteiger partial charge in [0.25, 0.3) is 0 Å². The maximum Gasteiger partial charge on any atom is 0.0949 e. The fourth-order valence-corrected chi connectivity index (χ4v) is 3.40. The second-order valence-electron chi connectivity index (χ2n) is 5.98. The van der Waals surface area contributed by atoms with E-state index < -0.39 is 0 Å². The third-order valence-electron chi connectivity index (χ3n) is 3.97. The Labute approximate surface area is 104 Å². The Morgan fingerprint density at radius 3 is 2.71 bits per heavy atom. The molecule has 2 rings (SSSR count). The van der Waals surface area contributed by atoms with E-state index >= 15 is 0 Å². The first-order valence-electron chi connectivity index (χ1n) is 6.75. The third kappa shape index (κ3) is 2.89. The Morgan fingerprint density at radius 1 is 1.41 bits per heavy atom. The van der Waals surface area contributed by atoms with Crippen molar-refractivity contribution in [2.45, 2.75) is 59.1 Å². The maximum absolute atomic E-state index is 9.29. The molecule has 0 amide bonds. The molecule has 1 aromatic heterocycles. The van der Waals surface area contributed by atoms with Crippen molar-refractivity contribution in [2.24, 2.45) is 11.3 Å². The molecule has 96 valence electrons. The van der Waals surface area contributed by atoms with Gasteiger partial charge >= 0.3 is 0 Å². The Balaban J connectivity index is 2.12. The number of hydrogen-bond donors (Lipinski definition) is 1. The van der Waals surface area contributed by atoms with Gasteiger partial charge in [-0.05, 0) is 30.6 Å². The zero-order valence-corrected chi connectivity index (χ0v) is 11.0. The topological polar surface area (TPSA) is 38.0 Å². The molecule has 1 saturated carbocycles. The van der Waals surface area contributed by atoms with Gasteiger partial charge in [-0.15, -0.1) is 0 Å². The van der Waals surface area contributed by atoms with Gasteiger partial charge in [0, 0.05) is 6.54 Å². The quantitative estimate of drug-likeness (QED) is 0.853. The standard InChI is InChI=1S/C14H24N2O/c1-12(2)7-14(5-3-4-6-14)10-16-11-15-8-13(16)9-17/h8,11-12,17H,3-7,9-10H2,1-2H3. The van der Waals surface area contributed by atoms with E-state index in [9.17, 15) is 5.11 Å². The molecule has 0 spiro atoms. The van der Waals surface area contributed by atoms with Crippen LogP contribution in [0.25, 0.3) is 0 Å². The maximum atomic E-state index is 9.29. The first kappa shape index (κ1) is 12.6. The van der Waals surface area contributed by atoms with Gasteiger partial charge in [-0.2, -0.15) is 0 Å². The normalized spacial score (nSPS) is 19.1. The van der Waals surface area contributed by atoms with Crippen LogP contribution < -0.4 is 0 Å². The van der Waals surface area contributed by atoms with Crippen molar-refractivity contribution in [1.29, 1.82) is 0 Å². The molecule has 3 heteroatoms. The minimum Gasteiger partial charge on any atom is -0.390 e. The highest BCUT2D eigenvalue weighted by Gasteiger charge is 2.34. The highest BCUT2D eigenvalue weighted by molar-refractivity contribution is 4.98. The Kier molecular flexibility index (Phi) is 3.87. The number of aliphatic hydroxyl groups is 1. The van der Waals surface area contributed by atoms with Crippen LogP contribution in [-0.2, 0) is 13.2 Å². The molecular formula is C14H24N2O. The van der Waals surface area contributed by atoms with Crippen LogP contribution in [0.3, 0.4) is 0 Å². The molecule has 1 fully saturated rings. The van der Waals surface area contributed by atoms with Crippen molar-refractivity contribution in [2.75, 3.05) is 0 Å². The summed E-state index contributed by atoms with van der Waals surface area (Å²) in [7, 11) is 0. The minimum absolute atomic E-state index is 0.0950. The average Bonchev–Trinajstić information content (AvgIpc) is 2.87. The monoisotopic (exact) mass is 236 g/mol. The lowest BCUT2D eigenvalue weighted by atomic mass is 9.78. The molecule has 0 atom stereocenters. The lowest BCUT2D eigenvalue weighted by molar-refractivity contribution is 0.188. The van der Waals surface area contributed by atoms with Crippen LogP contribution in [0.4, 0.5) is 0 Å². The van der Waals surface area contributed by atoms with E-state index in [2.05, 4.69) is 23.4 Å². The predicted octanol–water partition coefficient (Wildman–Crippen LogP) is 2.98. The lowest BCUT2D eigenvalue weighted by Crippen LogP contribution is -2.26. The van der Waals surface area contributed by atoms with E-state index in [0.29, 0.717) is 5.41 Å². The molecule has 0 aliphatic heterocycles. The number of rotatable bonds is 5. The molecule has 0 radical (unpaired) electrons. The summed E-state index contributed by atoms with van der Waals surface area (Å²) in [5.74, 6) is 0.745. The predicted molar refractivity (Wildman–Crippen MR) is 68.5 cm³/mol. The van der Waals surface area contributed by atoms with Gasteiger partial charge in [0.2, 0.25) is 0 Å². The first-order valence-corrected chi connectivity index (χ1v) is 6.75. The van der Waals surface area contributed by atoms with Crippen LogP contribution in [0.5, 0.6) is 0 Å². The molecule has 1 aliphatic carbocycles. The molecule has 1 aliphatic rings. The zero-order chi connectivity index (χ0) is 12.3. The first-order chi connectivity index (χ1) is 8.15. The van der Waals surface area contributed by atoms with Gasteiger partial charge in [-0.3, -0.25) is 0 Å². The Bertz CT molecular complexity index is 351. The summed E-state index contributed by atoms with van der Waals surface area (Å²) in [6.07, 6.45) is 10.3. The van der Waals surface area contributed by atoms with Crippen LogP contribution in [0.2, 0.25) is 0 Å². The van der Waals surface area contributed by atoms with Crippen LogP contribution >= 0.6 is 0 Å². The second kappa shape index (κ2) is 5.21. The summed E-state index contributed by atoms with van der Waals surface area (Å²) in [6, 6.07) is 0. The van der Waals surface area contributed by atoms with Crippen molar-refractivity contribution < 1.29 is 5.11 Å². The minimum atomic E-state index is 0.0950. The van der Waals surface area contributed by atoms with E-state index in [4.69, 9.17) is 0 Å². The van der Waals surface area contributed by atoms with E-state index in [1.165, 1.54) is 32.1 Å². The van der Waals surface area contributed by atoms with Crippen molar-refractivity contribution in [3.63, 3.8) is 0 Å². The average molecular weight is 236 g/mol. The van der Waals surface area contributed by atoms with Crippen molar-refractivity contribution in [3.05, 3.63) is 18.2 Å². The molecular weight excluding hydrogens is 212 g/mol. The van der Waals surface area contributed by atoms with Gasteiger partial charge in [-0.1, -0.05) is 26.7 Å². The largest absolute Gasteiger partial charge is 0.390 e. The Morgan fingerprint density at radius 2 is 2.12 bits per heavy atom. The van der Waals surface area contributed by atoms with E-state index in [1.54, 1.807) is 6.20 Å². The fraction of sp³-hybridized carbons (Fsp3) is 0.786. The molecule has 1 heterocycles. The molecule has 0 unspecified atom stereocenters. The molecule has 3 nitrogen and oxygen atoms in total. The number of hydrogen-bond acceptors (Lipinski definition) is 2. The molecule has 1 N–H and O–H groups in total. The fourth-order valence-electron chi connectivity index (χ4n) is 3.40. The number of aliphatic hydroxyl groups excluding tert-OH is 1. The molecule has 0 bridgehead atoms. The second-order valence-corrected chi connectivity index (χ2v) is 5.98. The van der Waals surface area contributed by atoms with Gasteiger partial charge in [0.15, 0.2) is 0 Å². The molecule has 1 aromatic rings. The van der Waals surface area contributed by atoms with Gasteiger partial charge in [0.1, 0.15) is 0 Å². The lowest BCUT2D eigenvalue weighted by Gasteiger charge is -2.32. The van der Waals surface area contributed by atoms with Crippen LogP contribution in [-0.4, -0.2) is 14.7 Å². The van der Waals surface area contributed by atoms with Gasteiger partial charge in [-0.25, -0.2) is 4.98 Å². The van der Waals surface area contributed by atoms with Crippen molar-refractivity contribution in [1.82, 2.24) is 9.55 Å². The van der Waals surface area contributed by atoms with E-state index in [0.717, 1.165) is 18.2 Å². The van der Waals surface area contributed by atoms with Crippen LogP contribution in [0.1, 0.15) is 51.6 Å².